The van der Waals surface area contributed by atoms with E-state index in [2.05, 4.69) is 0 Å². The number of likely N-dealkylation sites (N-methyl/N-ethyl adjacent to an activating group) is 1. The van der Waals surface area contributed by atoms with Crippen LogP contribution < -0.4 is 5.73 Å². The second kappa shape index (κ2) is 5.11. The SMILES string of the molecule is CN(C)C(=O)CN1CC(CN)CCC1=O. The van der Waals surface area contributed by atoms with Gasteiger partial charge in [0.15, 0.2) is 0 Å². The molecular weight excluding hydrogens is 194 g/mol. The maximum Gasteiger partial charge on any atom is 0.241 e. The first kappa shape index (κ1) is 12.0. The summed E-state index contributed by atoms with van der Waals surface area (Å²) in [6, 6.07) is 0. The van der Waals surface area contributed by atoms with Gasteiger partial charge in [0.1, 0.15) is 0 Å². The highest BCUT2D eigenvalue weighted by molar-refractivity contribution is 5.85. The molecule has 0 aromatic heterocycles. The first-order valence-electron chi connectivity index (χ1n) is 5.22. The molecule has 5 heteroatoms. The minimum atomic E-state index is -0.0407. The summed E-state index contributed by atoms with van der Waals surface area (Å²) in [7, 11) is 3.38. The van der Waals surface area contributed by atoms with Crippen LogP contribution in [-0.4, -0.2) is 55.3 Å². The third-order valence-electron chi connectivity index (χ3n) is 2.76. The van der Waals surface area contributed by atoms with Crippen molar-refractivity contribution in [3.8, 4) is 0 Å². The lowest BCUT2D eigenvalue weighted by atomic mass is 9.98. The molecule has 1 heterocycles. The van der Waals surface area contributed by atoms with Crippen molar-refractivity contribution < 1.29 is 9.59 Å². The summed E-state index contributed by atoms with van der Waals surface area (Å²) in [5.74, 6) is 0.369. The minimum absolute atomic E-state index is 0.0407. The Morgan fingerprint density at radius 2 is 2.27 bits per heavy atom. The van der Waals surface area contributed by atoms with Crippen LogP contribution in [0, 0.1) is 5.92 Å². The van der Waals surface area contributed by atoms with Gasteiger partial charge in [-0.1, -0.05) is 0 Å². The van der Waals surface area contributed by atoms with Crippen LogP contribution in [0.3, 0.4) is 0 Å². The molecule has 0 radical (unpaired) electrons. The first-order chi connectivity index (χ1) is 7.04. The number of amides is 2. The minimum Gasteiger partial charge on any atom is -0.347 e. The molecule has 0 aromatic carbocycles. The van der Waals surface area contributed by atoms with E-state index in [9.17, 15) is 9.59 Å². The lowest BCUT2D eigenvalue weighted by Crippen LogP contribution is -2.46. The van der Waals surface area contributed by atoms with E-state index in [1.54, 1.807) is 19.0 Å². The number of hydrogen-bond acceptors (Lipinski definition) is 3. The van der Waals surface area contributed by atoms with E-state index in [1.807, 2.05) is 0 Å². The smallest absolute Gasteiger partial charge is 0.241 e. The standard InChI is InChI=1S/C10H19N3O2/c1-12(2)10(15)7-13-6-8(5-11)3-4-9(13)14/h8H,3-7,11H2,1-2H3. The van der Waals surface area contributed by atoms with Crippen LogP contribution in [0.4, 0.5) is 0 Å². The number of nitrogens with zero attached hydrogens (tertiary/aromatic N) is 2. The average molecular weight is 213 g/mol. The van der Waals surface area contributed by atoms with Crippen LogP contribution in [0.2, 0.25) is 0 Å². The van der Waals surface area contributed by atoms with Gasteiger partial charge in [0.2, 0.25) is 11.8 Å². The van der Waals surface area contributed by atoms with Crippen molar-refractivity contribution >= 4 is 11.8 Å². The molecule has 1 saturated heterocycles. The van der Waals surface area contributed by atoms with Crippen molar-refractivity contribution in [1.82, 2.24) is 9.80 Å². The molecule has 2 amide bonds. The van der Waals surface area contributed by atoms with E-state index in [1.165, 1.54) is 4.90 Å². The second-order valence-corrected chi connectivity index (χ2v) is 4.20. The largest absolute Gasteiger partial charge is 0.347 e. The zero-order chi connectivity index (χ0) is 11.4. The molecule has 1 aliphatic heterocycles. The normalized spacial score (nSPS) is 21.7. The molecule has 1 rings (SSSR count). The number of rotatable bonds is 3. The summed E-state index contributed by atoms with van der Waals surface area (Å²) in [6.07, 6.45) is 1.37. The summed E-state index contributed by atoms with van der Waals surface area (Å²) >= 11 is 0. The van der Waals surface area contributed by atoms with Crippen LogP contribution >= 0.6 is 0 Å². The lowest BCUT2D eigenvalue weighted by Gasteiger charge is -2.32. The van der Waals surface area contributed by atoms with Gasteiger partial charge in [-0.25, -0.2) is 0 Å². The van der Waals surface area contributed by atoms with E-state index in [4.69, 9.17) is 5.73 Å². The fourth-order valence-corrected chi connectivity index (χ4v) is 1.64. The van der Waals surface area contributed by atoms with Gasteiger partial charge >= 0.3 is 0 Å². The number of hydrogen-bond donors (Lipinski definition) is 1. The van der Waals surface area contributed by atoms with Crippen molar-refractivity contribution in [2.75, 3.05) is 33.7 Å². The summed E-state index contributed by atoms with van der Waals surface area (Å²) in [5.41, 5.74) is 5.57. The highest BCUT2D eigenvalue weighted by atomic mass is 16.2. The summed E-state index contributed by atoms with van der Waals surface area (Å²) < 4.78 is 0. The number of nitrogens with two attached hydrogens (primary N) is 1. The Bertz CT molecular complexity index is 253. The predicted molar refractivity (Wildman–Crippen MR) is 57.1 cm³/mol. The molecule has 0 aromatic rings. The molecule has 0 aliphatic carbocycles. The van der Waals surface area contributed by atoms with Gasteiger partial charge in [-0.15, -0.1) is 0 Å². The maximum absolute atomic E-state index is 11.5. The molecular formula is C10H19N3O2. The molecule has 1 aliphatic rings. The average Bonchev–Trinajstić information content (AvgIpc) is 2.21. The Morgan fingerprint density at radius 3 is 2.80 bits per heavy atom. The van der Waals surface area contributed by atoms with Gasteiger partial charge < -0.3 is 15.5 Å². The van der Waals surface area contributed by atoms with Crippen LogP contribution in [0.5, 0.6) is 0 Å². The number of piperidine rings is 1. The topological polar surface area (TPSA) is 66.6 Å². The summed E-state index contributed by atoms with van der Waals surface area (Å²) in [4.78, 5) is 26.1. The molecule has 1 atom stereocenters. The molecule has 0 saturated carbocycles. The maximum atomic E-state index is 11.5. The van der Waals surface area contributed by atoms with Crippen molar-refractivity contribution in [3.63, 3.8) is 0 Å². The van der Waals surface area contributed by atoms with Crippen LogP contribution in [0.1, 0.15) is 12.8 Å². The van der Waals surface area contributed by atoms with Crippen molar-refractivity contribution in [2.24, 2.45) is 11.7 Å². The highest BCUT2D eigenvalue weighted by Gasteiger charge is 2.26. The Kier molecular flexibility index (Phi) is 4.08. The molecule has 15 heavy (non-hydrogen) atoms. The fourth-order valence-electron chi connectivity index (χ4n) is 1.64. The molecule has 2 N–H and O–H groups in total. The van der Waals surface area contributed by atoms with Gasteiger partial charge in [0, 0.05) is 27.1 Å². The zero-order valence-corrected chi connectivity index (χ0v) is 9.40. The Morgan fingerprint density at radius 1 is 1.60 bits per heavy atom. The van der Waals surface area contributed by atoms with Gasteiger partial charge in [0.25, 0.3) is 0 Å². The number of carbonyl (C=O) groups is 2. The van der Waals surface area contributed by atoms with Crippen LogP contribution in [0.15, 0.2) is 0 Å². The van der Waals surface area contributed by atoms with E-state index in [0.717, 1.165) is 6.42 Å². The number of likely N-dealkylation sites (tertiary alicyclic amines) is 1. The summed E-state index contributed by atoms with van der Waals surface area (Å²) in [5, 5.41) is 0. The summed E-state index contributed by atoms with van der Waals surface area (Å²) in [6.45, 7) is 1.39. The van der Waals surface area contributed by atoms with Crippen molar-refractivity contribution in [1.29, 1.82) is 0 Å². The lowest BCUT2D eigenvalue weighted by molar-refractivity contribution is -0.141. The Labute approximate surface area is 90.2 Å². The molecule has 5 nitrogen and oxygen atoms in total. The first-order valence-corrected chi connectivity index (χ1v) is 5.22. The van der Waals surface area contributed by atoms with Crippen molar-refractivity contribution in [2.45, 2.75) is 12.8 Å². The molecule has 0 bridgehead atoms. The zero-order valence-electron chi connectivity index (χ0n) is 9.40. The number of carbonyl (C=O) groups excluding carboxylic acids is 2. The molecule has 1 fully saturated rings. The van der Waals surface area contributed by atoms with Gasteiger partial charge in [-0.05, 0) is 18.9 Å². The van der Waals surface area contributed by atoms with Gasteiger partial charge in [-0.3, -0.25) is 9.59 Å². The Balaban J connectivity index is 2.51. The monoisotopic (exact) mass is 213 g/mol. The highest BCUT2D eigenvalue weighted by Crippen LogP contribution is 2.16. The van der Waals surface area contributed by atoms with E-state index in [-0.39, 0.29) is 18.4 Å². The molecule has 0 spiro atoms. The van der Waals surface area contributed by atoms with Gasteiger partial charge in [0.05, 0.1) is 6.54 Å². The van der Waals surface area contributed by atoms with E-state index in [0.29, 0.717) is 25.4 Å². The fraction of sp³-hybridized carbons (Fsp3) is 0.800. The molecule has 86 valence electrons. The quantitative estimate of drug-likeness (QED) is 0.672. The Hall–Kier alpha value is -1.10. The third kappa shape index (κ3) is 3.20. The van der Waals surface area contributed by atoms with Crippen molar-refractivity contribution in [3.05, 3.63) is 0 Å². The van der Waals surface area contributed by atoms with E-state index < -0.39 is 0 Å². The predicted octanol–water partition coefficient (Wildman–Crippen LogP) is -0.728. The van der Waals surface area contributed by atoms with Crippen LogP contribution in [-0.2, 0) is 9.59 Å². The van der Waals surface area contributed by atoms with Gasteiger partial charge in [-0.2, -0.15) is 0 Å². The van der Waals surface area contributed by atoms with E-state index >= 15 is 0 Å². The van der Waals surface area contributed by atoms with Crippen LogP contribution in [0.25, 0.3) is 0 Å². The molecule has 1 unspecified atom stereocenters. The third-order valence-corrected chi connectivity index (χ3v) is 2.76. The second-order valence-electron chi connectivity index (χ2n) is 4.20.